The molecule has 1 saturated heterocycles. The van der Waals surface area contributed by atoms with Crippen LogP contribution in [0.1, 0.15) is 50.7 Å². The second-order valence-electron chi connectivity index (χ2n) is 9.35. The third-order valence-electron chi connectivity index (χ3n) is 6.93. The zero-order valence-corrected chi connectivity index (χ0v) is 21.2. The van der Waals surface area contributed by atoms with Crippen molar-refractivity contribution in [3.63, 3.8) is 0 Å². The van der Waals surface area contributed by atoms with Crippen LogP contribution in [0.3, 0.4) is 0 Å². The SMILES string of the molecule is COCCn1c(C(N)=O)c(C(=O)N2CCC(c3cc(CNC(=O)C(F)(F)F)ccc3F)CC2)c2ccccc21. The van der Waals surface area contributed by atoms with Gasteiger partial charge in [0.15, 0.2) is 0 Å². The fraction of sp³-hybridized carbons (Fsp3) is 0.370. The van der Waals surface area contributed by atoms with Crippen molar-refractivity contribution < 1.29 is 36.7 Å². The van der Waals surface area contributed by atoms with Crippen LogP contribution in [-0.4, -0.2) is 60.2 Å². The average molecular weight is 549 g/mol. The molecule has 3 aromatic rings. The lowest BCUT2D eigenvalue weighted by molar-refractivity contribution is -0.173. The molecule has 2 heterocycles. The van der Waals surface area contributed by atoms with Crippen molar-refractivity contribution in [1.29, 1.82) is 0 Å². The van der Waals surface area contributed by atoms with E-state index >= 15 is 0 Å². The molecule has 4 rings (SSSR count). The van der Waals surface area contributed by atoms with Gasteiger partial charge in [0.05, 0.1) is 12.2 Å². The van der Waals surface area contributed by atoms with Gasteiger partial charge in [-0.25, -0.2) is 4.39 Å². The highest BCUT2D eigenvalue weighted by Gasteiger charge is 2.38. The Morgan fingerprint density at radius 1 is 1.10 bits per heavy atom. The van der Waals surface area contributed by atoms with Gasteiger partial charge in [-0.1, -0.05) is 30.3 Å². The number of alkyl halides is 3. The number of aromatic nitrogens is 1. The molecule has 1 fully saturated rings. The molecule has 208 valence electrons. The molecule has 12 heteroatoms. The number of halogens is 4. The van der Waals surface area contributed by atoms with Gasteiger partial charge < -0.3 is 25.3 Å². The lowest BCUT2D eigenvalue weighted by atomic mass is 9.88. The summed E-state index contributed by atoms with van der Waals surface area (Å²) >= 11 is 0. The molecular formula is C27H28F4N4O4. The van der Waals surface area contributed by atoms with Gasteiger partial charge in [0.1, 0.15) is 11.5 Å². The number of primary amides is 1. The Balaban J connectivity index is 1.53. The summed E-state index contributed by atoms with van der Waals surface area (Å²) < 4.78 is 59.0. The van der Waals surface area contributed by atoms with Gasteiger partial charge in [-0.2, -0.15) is 13.2 Å². The number of rotatable bonds is 8. The fourth-order valence-electron chi connectivity index (χ4n) is 5.04. The van der Waals surface area contributed by atoms with E-state index in [1.807, 2.05) is 0 Å². The molecule has 0 unspecified atom stereocenters. The quantitative estimate of drug-likeness (QED) is 0.419. The van der Waals surface area contributed by atoms with Crippen molar-refractivity contribution in [2.24, 2.45) is 5.73 Å². The van der Waals surface area contributed by atoms with E-state index in [1.54, 1.807) is 39.0 Å². The first-order valence-electron chi connectivity index (χ1n) is 12.4. The minimum atomic E-state index is -5.01. The first-order valence-corrected chi connectivity index (χ1v) is 12.4. The maximum atomic E-state index is 14.7. The standard InChI is InChI=1S/C27H28F4N4O4/c1-39-13-12-35-21-5-3-2-4-18(21)22(23(35)24(32)36)25(37)34-10-8-17(9-11-34)19-14-16(6-7-20(19)28)15-33-26(38)27(29,30)31/h2-7,14,17H,8-13,15H2,1H3,(H2,32,36)(H,33,38). The van der Waals surface area contributed by atoms with Crippen LogP contribution in [0.25, 0.3) is 10.9 Å². The highest BCUT2D eigenvalue weighted by molar-refractivity contribution is 6.15. The number of methoxy groups -OCH3 is 1. The zero-order valence-electron chi connectivity index (χ0n) is 21.2. The smallest absolute Gasteiger partial charge is 0.383 e. The molecule has 1 aromatic heterocycles. The van der Waals surface area contributed by atoms with Gasteiger partial charge in [0.2, 0.25) is 0 Å². The number of para-hydroxylation sites is 1. The highest BCUT2D eigenvalue weighted by atomic mass is 19.4. The topological polar surface area (TPSA) is 107 Å². The number of ether oxygens (including phenoxy) is 1. The minimum absolute atomic E-state index is 0.0972. The third kappa shape index (κ3) is 5.90. The van der Waals surface area contributed by atoms with Crippen molar-refractivity contribution in [3.05, 3.63) is 70.7 Å². The number of nitrogens with zero attached hydrogens (tertiary/aromatic N) is 2. The van der Waals surface area contributed by atoms with E-state index < -0.39 is 30.4 Å². The second-order valence-corrected chi connectivity index (χ2v) is 9.35. The minimum Gasteiger partial charge on any atom is -0.383 e. The maximum Gasteiger partial charge on any atom is 0.471 e. The maximum absolute atomic E-state index is 14.7. The molecule has 0 spiro atoms. The van der Waals surface area contributed by atoms with Crippen molar-refractivity contribution >= 4 is 28.6 Å². The molecule has 0 bridgehead atoms. The van der Waals surface area contributed by atoms with Crippen LogP contribution in [0.4, 0.5) is 17.6 Å². The van der Waals surface area contributed by atoms with Gasteiger partial charge >= 0.3 is 12.1 Å². The number of likely N-dealkylation sites (tertiary alicyclic amines) is 1. The van der Waals surface area contributed by atoms with E-state index in [0.29, 0.717) is 48.0 Å². The van der Waals surface area contributed by atoms with Gasteiger partial charge in [-0.05, 0) is 42.0 Å². The normalized spacial score (nSPS) is 14.5. The third-order valence-corrected chi connectivity index (χ3v) is 6.93. The molecule has 3 amide bonds. The number of nitrogens with one attached hydrogen (secondary N) is 1. The van der Waals surface area contributed by atoms with Gasteiger partial charge in [0.25, 0.3) is 11.8 Å². The number of nitrogens with two attached hydrogens (primary N) is 1. The molecule has 8 nitrogen and oxygen atoms in total. The summed E-state index contributed by atoms with van der Waals surface area (Å²) in [6, 6.07) is 11.0. The van der Waals surface area contributed by atoms with Crippen LogP contribution >= 0.6 is 0 Å². The van der Waals surface area contributed by atoms with E-state index in [4.69, 9.17) is 10.5 Å². The van der Waals surface area contributed by atoms with E-state index in [-0.39, 0.29) is 36.2 Å². The van der Waals surface area contributed by atoms with E-state index in [2.05, 4.69) is 0 Å². The van der Waals surface area contributed by atoms with Gasteiger partial charge in [0, 0.05) is 44.2 Å². The van der Waals surface area contributed by atoms with Crippen molar-refractivity contribution in [2.45, 2.75) is 38.0 Å². The second kappa shape index (κ2) is 11.4. The Morgan fingerprint density at radius 3 is 2.44 bits per heavy atom. The van der Waals surface area contributed by atoms with Crippen LogP contribution in [0.15, 0.2) is 42.5 Å². The molecule has 0 radical (unpaired) electrons. The largest absolute Gasteiger partial charge is 0.471 e. The van der Waals surface area contributed by atoms with Crippen molar-refractivity contribution in [2.75, 3.05) is 26.8 Å². The molecule has 3 N–H and O–H groups in total. The summed E-state index contributed by atoms with van der Waals surface area (Å²) in [5.74, 6) is -3.97. The number of fused-ring (bicyclic) bond motifs is 1. The number of benzene rings is 2. The molecule has 0 aliphatic carbocycles. The van der Waals surface area contributed by atoms with Gasteiger partial charge in [-0.15, -0.1) is 0 Å². The molecular weight excluding hydrogens is 520 g/mol. The first kappa shape index (κ1) is 28.1. The molecule has 1 aliphatic rings. The number of carbonyl (C=O) groups is 3. The van der Waals surface area contributed by atoms with Crippen LogP contribution in [-0.2, 0) is 22.6 Å². The fourth-order valence-corrected chi connectivity index (χ4v) is 5.04. The Kier molecular flexibility index (Phi) is 8.24. The first-order chi connectivity index (χ1) is 18.5. The predicted octanol–water partition coefficient (Wildman–Crippen LogP) is 3.72. The Hall–Kier alpha value is -3.93. The number of amides is 3. The highest BCUT2D eigenvalue weighted by Crippen LogP contribution is 2.33. The van der Waals surface area contributed by atoms with Crippen LogP contribution in [0.5, 0.6) is 0 Å². The van der Waals surface area contributed by atoms with E-state index in [1.165, 1.54) is 19.2 Å². The summed E-state index contributed by atoms with van der Waals surface area (Å²) in [5.41, 5.74) is 7.34. The Morgan fingerprint density at radius 2 is 1.79 bits per heavy atom. The lowest BCUT2D eigenvalue weighted by Crippen LogP contribution is -2.39. The van der Waals surface area contributed by atoms with Crippen LogP contribution < -0.4 is 11.1 Å². The summed E-state index contributed by atoms with van der Waals surface area (Å²) in [6.07, 6.45) is -4.21. The number of piperidine rings is 1. The van der Waals surface area contributed by atoms with E-state index in [9.17, 15) is 31.9 Å². The Bertz CT molecular complexity index is 1390. The molecule has 39 heavy (non-hydrogen) atoms. The molecule has 0 atom stereocenters. The van der Waals surface area contributed by atoms with Crippen LogP contribution in [0.2, 0.25) is 0 Å². The van der Waals surface area contributed by atoms with Crippen molar-refractivity contribution in [3.8, 4) is 0 Å². The average Bonchev–Trinajstić information content (AvgIpc) is 3.25. The molecule has 2 aromatic carbocycles. The van der Waals surface area contributed by atoms with Crippen molar-refractivity contribution in [1.82, 2.24) is 14.8 Å². The number of hydrogen-bond acceptors (Lipinski definition) is 4. The summed E-state index contributed by atoms with van der Waals surface area (Å²) in [7, 11) is 1.53. The summed E-state index contributed by atoms with van der Waals surface area (Å²) in [5, 5.41) is 2.38. The van der Waals surface area contributed by atoms with Gasteiger partial charge in [-0.3, -0.25) is 14.4 Å². The Labute approximate surface area is 221 Å². The molecule has 0 saturated carbocycles. The lowest BCUT2D eigenvalue weighted by Gasteiger charge is -2.32. The zero-order chi connectivity index (χ0) is 28.3. The number of hydrogen-bond donors (Lipinski definition) is 2. The monoisotopic (exact) mass is 548 g/mol. The van der Waals surface area contributed by atoms with Crippen LogP contribution in [0, 0.1) is 5.82 Å². The predicted molar refractivity (Wildman–Crippen MR) is 135 cm³/mol. The molecule has 1 aliphatic heterocycles. The van der Waals surface area contributed by atoms with E-state index in [0.717, 1.165) is 6.07 Å². The summed E-state index contributed by atoms with van der Waals surface area (Å²) in [6.45, 7) is 0.777. The number of carbonyl (C=O) groups excluding carboxylic acids is 3. The summed E-state index contributed by atoms with van der Waals surface area (Å²) in [4.78, 5) is 38.9.